The number of aromatic nitrogens is 2. The summed E-state index contributed by atoms with van der Waals surface area (Å²) in [7, 11) is 0. The Hall–Kier alpha value is -1.38. The number of alkyl halides is 3. The fraction of sp³-hybridized carbons (Fsp3) is 0.0909. The molecule has 0 N–H and O–H groups in total. The van der Waals surface area contributed by atoms with Gasteiger partial charge in [0.05, 0.1) is 5.69 Å². The highest BCUT2D eigenvalue weighted by atomic mass is 127. The number of hydrogen-bond acceptors (Lipinski definition) is 2. The lowest BCUT2D eigenvalue weighted by Crippen LogP contribution is -2.07. The Kier molecular flexibility index (Phi) is 3.42. The minimum atomic E-state index is -4.56. The largest absolute Gasteiger partial charge is 0.435 e. The molecule has 0 saturated heterocycles. The first-order chi connectivity index (χ1) is 8.41. The number of aldehydes is 1. The molecular formula is C11H6F3IN2O. The van der Waals surface area contributed by atoms with Crippen LogP contribution in [0.5, 0.6) is 0 Å². The SMILES string of the molecule is O=Cc1cc(C(F)(F)F)nn1-c1ccc(I)cc1. The second-order valence-corrected chi connectivity index (χ2v) is 4.70. The predicted octanol–water partition coefficient (Wildman–Crippen LogP) is 3.31. The molecule has 18 heavy (non-hydrogen) atoms. The van der Waals surface area contributed by atoms with Crippen molar-refractivity contribution in [3.05, 3.63) is 45.3 Å². The molecular weight excluding hydrogens is 360 g/mol. The van der Waals surface area contributed by atoms with Gasteiger partial charge in [-0.05, 0) is 52.9 Å². The smallest absolute Gasteiger partial charge is 0.296 e. The first-order valence-corrected chi connectivity index (χ1v) is 5.88. The van der Waals surface area contributed by atoms with Gasteiger partial charge in [-0.2, -0.15) is 18.3 Å². The van der Waals surface area contributed by atoms with Crippen molar-refractivity contribution >= 4 is 28.9 Å². The van der Waals surface area contributed by atoms with Crippen LogP contribution in [-0.4, -0.2) is 16.1 Å². The summed E-state index contributed by atoms with van der Waals surface area (Å²) >= 11 is 2.07. The van der Waals surface area contributed by atoms with Crippen molar-refractivity contribution in [1.82, 2.24) is 9.78 Å². The van der Waals surface area contributed by atoms with Gasteiger partial charge in [0.15, 0.2) is 12.0 Å². The molecule has 0 spiro atoms. The molecule has 0 fully saturated rings. The zero-order chi connectivity index (χ0) is 13.3. The van der Waals surface area contributed by atoms with Crippen molar-refractivity contribution in [1.29, 1.82) is 0 Å². The zero-order valence-corrected chi connectivity index (χ0v) is 10.9. The minimum Gasteiger partial charge on any atom is -0.296 e. The van der Waals surface area contributed by atoms with Gasteiger partial charge in [0.25, 0.3) is 0 Å². The van der Waals surface area contributed by atoms with Gasteiger partial charge in [-0.3, -0.25) is 4.79 Å². The number of halogens is 4. The second kappa shape index (κ2) is 4.71. The summed E-state index contributed by atoms with van der Waals surface area (Å²) in [5.74, 6) is 0. The highest BCUT2D eigenvalue weighted by Crippen LogP contribution is 2.29. The van der Waals surface area contributed by atoms with Crippen molar-refractivity contribution in [2.24, 2.45) is 0 Å². The number of carbonyl (C=O) groups is 1. The van der Waals surface area contributed by atoms with Gasteiger partial charge in [-0.1, -0.05) is 0 Å². The van der Waals surface area contributed by atoms with Crippen molar-refractivity contribution < 1.29 is 18.0 Å². The molecule has 0 radical (unpaired) electrons. The maximum Gasteiger partial charge on any atom is 0.435 e. The lowest BCUT2D eigenvalue weighted by atomic mass is 10.3. The topological polar surface area (TPSA) is 34.9 Å². The van der Waals surface area contributed by atoms with Gasteiger partial charge >= 0.3 is 6.18 Å². The summed E-state index contributed by atoms with van der Waals surface area (Å²) < 4.78 is 39.4. The molecule has 0 saturated carbocycles. The van der Waals surface area contributed by atoms with E-state index in [4.69, 9.17) is 0 Å². The minimum absolute atomic E-state index is 0.136. The highest BCUT2D eigenvalue weighted by molar-refractivity contribution is 14.1. The van der Waals surface area contributed by atoms with Crippen LogP contribution in [0.3, 0.4) is 0 Å². The molecule has 0 aliphatic heterocycles. The maximum atomic E-state index is 12.5. The summed E-state index contributed by atoms with van der Waals surface area (Å²) in [6, 6.07) is 7.37. The molecule has 0 unspecified atom stereocenters. The van der Waals surface area contributed by atoms with Crippen molar-refractivity contribution in [3.63, 3.8) is 0 Å². The van der Waals surface area contributed by atoms with E-state index < -0.39 is 11.9 Å². The average Bonchev–Trinajstić information content (AvgIpc) is 2.73. The molecule has 3 nitrogen and oxygen atoms in total. The number of carbonyl (C=O) groups excluding carboxylic acids is 1. The second-order valence-electron chi connectivity index (χ2n) is 3.46. The van der Waals surface area contributed by atoms with Crippen LogP contribution in [0.1, 0.15) is 16.2 Å². The molecule has 1 aromatic heterocycles. The van der Waals surface area contributed by atoms with Crippen LogP contribution in [0.15, 0.2) is 30.3 Å². The molecule has 7 heteroatoms. The van der Waals surface area contributed by atoms with Crippen LogP contribution in [0, 0.1) is 3.57 Å². The third kappa shape index (κ3) is 2.55. The number of hydrogen-bond donors (Lipinski definition) is 0. The molecule has 1 aromatic carbocycles. The lowest BCUT2D eigenvalue weighted by molar-refractivity contribution is -0.141. The van der Waals surface area contributed by atoms with Crippen molar-refractivity contribution in [2.75, 3.05) is 0 Å². The molecule has 2 aromatic rings. The Balaban J connectivity index is 2.53. The molecule has 0 aliphatic carbocycles. The van der Waals surface area contributed by atoms with E-state index in [1.54, 1.807) is 24.3 Å². The normalized spacial score (nSPS) is 11.6. The van der Waals surface area contributed by atoms with Crippen LogP contribution in [0.4, 0.5) is 13.2 Å². The first kappa shape index (κ1) is 13.1. The fourth-order valence-electron chi connectivity index (χ4n) is 1.41. The molecule has 0 atom stereocenters. The van der Waals surface area contributed by atoms with Gasteiger partial charge in [0.1, 0.15) is 5.69 Å². The lowest BCUT2D eigenvalue weighted by Gasteiger charge is -2.04. The summed E-state index contributed by atoms with van der Waals surface area (Å²) in [4.78, 5) is 10.8. The van der Waals surface area contributed by atoms with E-state index in [0.717, 1.165) is 14.3 Å². The molecule has 1 heterocycles. The highest BCUT2D eigenvalue weighted by Gasteiger charge is 2.35. The predicted molar refractivity (Wildman–Crippen MR) is 66.7 cm³/mol. The standard InChI is InChI=1S/C11H6F3IN2O/c12-11(13,14)10-5-9(6-18)17(16-10)8-3-1-7(15)2-4-8/h1-6H. The molecule has 2 rings (SSSR count). The Labute approximate surface area is 114 Å². The van der Waals surface area contributed by atoms with Gasteiger partial charge < -0.3 is 0 Å². The Morgan fingerprint density at radius 1 is 1.22 bits per heavy atom. The summed E-state index contributed by atoms with van der Waals surface area (Å²) in [6.45, 7) is 0. The summed E-state index contributed by atoms with van der Waals surface area (Å²) in [6.07, 6.45) is -4.22. The van der Waals surface area contributed by atoms with Crippen molar-refractivity contribution in [3.8, 4) is 5.69 Å². The van der Waals surface area contributed by atoms with Gasteiger partial charge in [-0.25, -0.2) is 4.68 Å². The van der Waals surface area contributed by atoms with Crippen LogP contribution in [0.25, 0.3) is 5.69 Å². The Morgan fingerprint density at radius 2 is 1.83 bits per heavy atom. The quantitative estimate of drug-likeness (QED) is 0.604. The van der Waals surface area contributed by atoms with E-state index in [9.17, 15) is 18.0 Å². The van der Waals surface area contributed by atoms with Gasteiger partial charge in [-0.15, -0.1) is 0 Å². The van der Waals surface area contributed by atoms with Crippen molar-refractivity contribution in [2.45, 2.75) is 6.18 Å². The van der Waals surface area contributed by atoms with Gasteiger partial charge in [0, 0.05) is 3.57 Å². The van der Waals surface area contributed by atoms with Crippen LogP contribution >= 0.6 is 22.6 Å². The third-order valence-corrected chi connectivity index (χ3v) is 2.94. The number of nitrogens with zero attached hydrogens (tertiary/aromatic N) is 2. The maximum absolute atomic E-state index is 12.5. The molecule has 0 bridgehead atoms. The monoisotopic (exact) mass is 366 g/mol. The number of benzene rings is 1. The summed E-state index contributed by atoms with van der Waals surface area (Å²) in [5.41, 5.74) is -0.806. The Bertz CT molecular complexity index is 575. The van der Waals surface area contributed by atoms with Gasteiger partial charge in [0.2, 0.25) is 0 Å². The number of rotatable bonds is 2. The Morgan fingerprint density at radius 3 is 2.33 bits per heavy atom. The third-order valence-electron chi connectivity index (χ3n) is 2.22. The first-order valence-electron chi connectivity index (χ1n) is 4.80. The fourth-order valence-corrected chi connectivity index (χ4v) is 1.77. The molecule has 0 aliphatic rings. The van der Waals surface area contributed by atoms with Crippen LogP contribution in [0.2, 0.25) is 0 Å². The summed E-state index contributed by atoms with van der Waals surface area (Å²) in [5, 5.41) is 3.41. The van der Waals surface area contributed by atoms with E-state index >= 15 is 0 Å². The van der Waals surface area contributed by atoms with E-state index in [1.807, 2.05) is 0 Å². The zero-order valence-electron chi connectivity index (χ0n) is 8.78. The average molecular weight is 366 g/mol. The van der Waals surface area contributed by atoms with E-state index in [-0.39, 0.29) is 5.69 Å². The van der Waals surface area contributed by atoms with E-state index in [2.05, 4.69) is 27.7 Å². The van der Waals surface area contributed by atoms with E-state index in [0.29, 0.717) is 12.0 Å². The van der Waals surface area contributed by atoms with E-state index in [1.165, 1.54) is 0 Å². The molecule has 0 amide bonds. The van der Waals surface area contributed by atoms with Crippen LogP contribution in [-0.2, 0) is 6.18 Å². The van der Waals surface area contributed by atoms with Crippen LogP contribution < -0.4 is 0 Å². The molecule has 94 valence electrons.